The highest BCUT2D eigenvalue weighted by Crippen LogP contribution is 2.07. The molecule has 0 rings (SSSR count). The highest BCUT2D eigenvalue weighted by Gasteiger charge is 2.03. The van der Waals surface area contributed by atoms with E-state index in [4.69, 9.17) is 9.84 Å². The molecule has 0 aliphatic heterocycles. The molecule has 0 aromatic heterocycles. The van der Waals surface area contributed by atoms with Crippen LogP contribution < -0.4 is 0 Å². The highest BCUT2D eigenvalue weighted by molar-refractivity contribution is 4.53. The lowest BCUT2D eigenvalue weighted by Crippen LogP contribution is -2.12. The molecule has 0 unspecified atom stereocenters. The van der Waals surface area contributed by atoms with Crippen LogP contribution in [0.15, 0.2) is 0 Å². The third-order valence-corrected chi connectivity index (χ3v) is 1.51. The van der Waals surface area contributed by atoms with Crippen molar-refractivity contribution < 1.29 is 9.84 Å². The maximum atomic E-state index is 8.48. The summed E-state index contributed by atoms with van der Waals surface area (Å²) in [6, 6.07) is 0. The van der Waals surface area contributed by atoms with Crippen LogP contribution in [0.5, 0.6) is 0 Å². The lowest BCUT2D eigenvalue weighted by atomic mass is 10.1. The fourth-order valence-electron chi connectivity index (χ4n) is 1.08. The van der Waals surface area contributed by atoms with Crippen LogP contribution >= 0.6 is 0 Å². The molecule has 0 aromatic rings. The van der Waals surface area contributed by atoms with Gasteiger partial charge in [0.1, 0.15) is 0 Å². The van der Waals surface area contributed by atoms with Gasteiger partial charge in [0.25, 0.3) is 0 Å². The van der Waals surface area contributed by atoms with E-state index in [-0.39, 0.29) is 6.61 Å². The van der Waals surface area contributed by atoms with E-state index in [2.05, 4.69) is 20.8 Å². The Morgan fingerprint density at radius 2 is 1.91 bits per heavy atom. The number of rotatable bonds is 6. The Hall–Kier alpha value is -0.0800. The topological polar surface area (TPSA) is 29.5 Å². The molecule has 2 heteroatoms. The number of hydrogen-bond acceptors (Lipinski definition) is 2. The van der Waals surface area contributed by atoms with Crippen molar-refractivity contribution in [2.24, 2.45) is 5.92 Å². The summed E-state index contributed by atoms with van der Waals surface area (Å²) in [6.07, 6.45) is 2.19. The molecular weight excluding hydrogens is 140 g/mol. The molecule has 0 amide bonds. The first-order valence-corrected chi connectivity index (χ1v) is 4.39. The third-order valence-electron chi connectivity index (χ3n) is 1.51. The molecule has 0 fully saturated rings. The molecule has 1 atom stereocenters. The molecule has 0 aromatic carbocycles. The predicted octanol–water partition coefficient (Wildman–Crippen LogP) is 1.82. The first-order valence-electron chi connectivity index (χ1n) is 4.39. The second-order valence-corrected chi connectivity index (χ2v) is 3.39. The van der Waals surface area contributed by atoms with E-state index in [9.17, 15) is 0 Å². The quantitative estimate of drug-likeness (QED) is 0.600. The Labute approximate surface area is 69.6 Å². The molecule has 0 aliphatic rings. The Morgan fingerprint density at radius 3 is 2.36 bits per heavy atom. The van der Waals surface area contributed by atoms with Crippen LogP contribution in [0.2, 0.25) is 0 Å². The minimum atomic E-state index is 0.231. The molecule has 1 N–H and O–H groups in total. The molecule has 0 aliphatic carbocycles. The van der Waals surface area contributed by atoms with Crippen LogP contribution in [-0.4, -0.2) is 24.4 Å². The van der Waals surface area contributed by atoms with E-state index in [0.717, 1.165) is 12.8 Å². The Balaban J connectivity index is 3.15. The van der Waals surface area contributed by atoms with Gasteiger partial charge in [0.15, 0.2) is 0 Å². The van der Waals surface area contributed by atoms with Crippen LogP contribution in [0.25, 0.3) is 0 Å². The zero-order valence-electron chi connectivity index (χ0n) is 7.84. The largest absolute Gasteiger partial charge is 0.396 e. The zero-order valence-corrected chi connectivity index (χ0v) is 7.84. The number of hydrogen-bond donors (Lipinski definition) is 1. The maximum absolute atomic E-state index is 8.48. The van der Waals surface area contributed by atoms with Gasteiger partial charge in [-0.1, -0.05) is 13.8 Å². The molecular formula is C9H20O2. The summed E-state index contributed by atoms with van der Waals surface area (Å²) in [5, 5.41) is 8.48. The normalized spacial score (nSPS) is 13.9. The highest BCUT2D eigenvalue weighted by atomic mass is 16.5. The first kappa shape index (κ1) is 10.9. The summed E-state index contributed by atoms with van der Waals surface area (Å²) in [7, 11) is 0. The van der Waals surface area contributed by atoms with Gasteiger partial charge in [-0.2, -0.15) is 0 Å². The van der Waals surface area contributed by atoms with Crippen LogP contribution in [0.4, 0.5) is 0 Å². The molecule has 0 saturated heterocycles. The third kappa shape index (κ3) is 7.82. The number of aliphatic hydroxyl groups excluding tert-OH is 1. The summed E-state index contributed by atoms with van der Waals surface area (Å²) in [6.45, 7) is 7.37. The van der Waals surface area contributed by atoms with Gasteiger partial charge < -0.3 is 9.84 Å². The average Bonchev–Trinajstić information content (AvgIpc) is 1.86. The Morgan fingerprint density at radius 1 is 1.27 bits per heavy atom. The van der Waals surface area contributed by atoms with Crippen molar-refractivity contribution in [3.63, 3.8) is 0 Å². The van der Waals surface area contributed by atoms with Crippen LogP contribution in [0.3, 0.4) is 0 Å². The second-order valence-electron chi connectivity index (χ2n) is 3.39. The summed E-state index contributed by atoms with van der Waals surface area (Å²) in [5.74, 6) is 0.694. The van der Waals surface area contributed by atoms with Gasteiger partial charge in [-0.25, -0.2) is 0 Å². The van der Waals surface area contributed by atoms with Crippen LogP contribution in [0.1, 0.15) is 33.6 Å². The van der Waals surface area contributed by atoms with Gasteiger partial charge in [-0.3, -0.25) is 0 Å². The predicted molar refractivity (Wildman–Crippen MR) is 46.6 cm³/mol. The standard InChI is InChI=1S/C9H20O2/c1-8(2)7-9(3)11-6-4-5-10/h8-10H,4-7H2,1-3H3/t9-/m1/s1. The monoisotopic (exact) mass is 160 g/mol. The zero-order chi connectivity index (χ0) is 8.69. The molecule has 0 saturated carbocycles. The fourth-order valence-corrected chi connectivity index (χ4v) is 1.08. The van der Waals surface area contributed by atoms with E-state index in [1.54, 1.807) is 0 Å². The summed E-state index contributed by atoms with van der Waals surface area (Å²) < 4.78 is 5.43. The van der Waals surface area contributed by atoms with Crippen molar-refractivity contribution in [1.29, 1.82) is 0 Å². The van der Waals surface area contributed by atoms with E-state index in [0.29, 0.717) is 18.6 Å². The average molecular weight is 160 g/mol. The minimum absolute atomic E-state index is 0.231. The maximum Gasteiger partial charge on any atom is 0.0549 e. The number of ether oxygens (including phenoxy) is 1. The molecule has 0 heterocycles. The Kier molecular flexibility index (Phi) is 6.57. The van der Waals surface area contributed by atoms with Crippen molar-refractivity contribution in [2.75, 3.05) is 13.2 Å². The Bertz CT molecular complexity index is 81.6. The van der Waals surface area contributed by atoms with Crippen molar-refractivity contribution in [3.8, 4) is 0 Å². The molecule has 0 radical (unpaired) electrons. The summed E-state index contributed by atoms with van der Waals surface area (Å²) in [5.41, 5.74) is 0. The van der Waals surface area contributed by atoms with Crippen LogP contribution in [-0.2, 0) is 4.74 Å². The van der Waals surface area contributed by atoms with E-state index < -0.39 is 0 Å². The summed E-state index contributed by atoms with van der Waals surface area (Å²) in [4.78, 5) is 0. The molecule has 2 nitrogen and oxygen atoms in total. The first-order chi connectivity index (χ1) is 5.16. The van der Waals surface area contributed by atoms with Gasteiger partial charge in [0.2, 0.25) is 0 Å². The van der Waals surface area contributed by atoms with Crippen molar-refractivity contribution >= 4 is 0 Å². The van der Waals surface area contributed by atoms with Gasteiger partial charge in [0.05, 0.1) is 6.10 Å². The number of aliphatic hydroxyl groups is 1. The molecule has 68 valence electrons. The fraction of sp³-hybridized carbons (Fsp3) is 1.00. The van der Waals surface area contributed by atoms with Crippen molar-refractivity contribution in [2.45, 2.75) is 39.7 Å². The van der Waals surface area contributed by atoms with Gasteiger partial charge in [0, 0.05) is 13.2 Å². The molecule has 11 heavy (non-hydrogen) atoms. The van der Waals surface area contributed by atoms with Crippen LogP contribution in [0, 0.1) is 5.92 Å². The molecule has 0 bridgehead atoms. The van der Waals surface area contributed by atoms with E-state index in [1.165, 1.54) is 0 Å². The lowest BCUT2D eigenvalue weighted by molar-refractivity contribution is 0.0432. The van der Waals surface area contributed by atoms with Crippen molar-refractivity contribution in [3.05, 3.63) is 0 Å². The van der Waals surface area contributed by atoms with E-state index >= 15 is 0 Å². The van der Waals surface area contributed by atoms with Gasteiger partial charge in [-0.05, 0) is 25.7 Å². The summed E-state index contributed by atoms with van der Waals surface area (Å²) >= 11 is 0. The minimum Gasteiger partial charge on any atom is -0.396 e. The second kappa shape index (κ2) is 6.62. The SMILES string of the molecule is CC(C)C[C@@H](C)OCCCO. The van der Waals surface area contributed by atoms with Crippen molar-refractivity contribution in [1.82, 2.24) is 0 Å². The van der Waals surface area contributed by atoms with E-state index in [1.807, 2.05) is 0 Å². The van der Waals surface area contributed by atoms with Gasteiger partial charge >= 0.3 is 0 Å². The molecule has 0 spiro atoms. The smallest absolute Gasteiger partial charge is 0.0549 e. The van der Waals surface area contributed by atoms with Gasteiger partial charge in [-0.15, -0.1) is 0 Å². The lowest BCUT2D eigenvalue weighted by Gasteiger charge is -2.14.